The number of rotatable bonds is 3. The first-order valence-electron chi connectivity index (χ1n) is 8.66. The lowest BCUT2D eigenvalue weighted by Gasteiger charge is -2.32. The van der Waals surface area contributed by atoms with Gasteiger partial charge >= 0.3 is 6.18 Å². The van der Waals surface area contributed by atoms with Gasteiger partial charge in [0.1, 0.15) is 5.82 Å². The lowest BCUT2D eigenvalue weighted by molar-refractivity contribution is -0.206. The highest BCUT2D eigenvalue weighted by atomic mass is 35.5. The number of halogens is 4. The van der Waals surface area contributed by atoms with Gasteiger partial charge in [-0.05, 0) is 36.6 Å². The number of benzene rings is 1. The van der Waals surface area contributed by atoms with Crippen molar-refractivity contribution in [1.29, 1.82) is 0 Å². The number of hydrogen-bond acceptors (Lipinski definition) is 6. The topological polar surface area (TPSA) is 84.5 Å². The van der Waals surface area contributed by atoms with Gasteiger partial charge in [-0.15, -0.1) is 0 Å². The lowest BCUT2D eigenvalue weighted by Crippen LogP contribution is -2.32. The van der Waals surface area contributed by atoms with Crippen LogP contribution in [0, 0.1) is 6.92 Å². The zero-order chi connectivity index (χ0) is 20.5. The van der Waals surface area contributed by atoms with E-state index in [4.69, 9.17) is 22.1 Å². The first-order chi connectivity index (χ1) is 13.2. The number of hydrogen-bond donors (Lipinski definition) is 2. The Labute approximate surface area is 165 Å². The number of nitrogen functional groups attached to an aromatic ring is 1. The van der Waals surface area contributed by atoms with E-state index in [0.717, 1.165) is 0 Å². The molecule has 0 aliphatic carbocycles. The molecule has 0 saturated carbocycles. The number of nitrogens with two attached hydrogens (primary N) is 1. The van der Waals surface area contributed by atoms with Gasteiger partial charge in [-0.25, -0.2) is 4.98 Å². The molecule has 3 rings (SSSR count). The largest absolute Gasteiger partial charge is 0.418 e. The Morgan fingerprint density at radius 2 is 2.07 bits per heavy atom. The Hall–Kier alpha value is -2.10. The maximum absolute atomic E-state index is 13.0. The number of aliphatic hydroxyl groups excluding tert-OH is 1. The summed E-state index contributed by atoms with van der Waals surface area (Å²) in [6.07, 6.45) is -6.68. The minimum atomic E-state index is -4.77. The Kier molecular flexibility index (Phi) is 5.97. The van der Waals surface area contributed by atoms with Gasteiger partial charge in [0.15, 0.2) is 6.10 Å². The second-order valence-electron chi connectivity index (χ2n) is 6.59. The highest BCUT2D eigenvalue weighted by Crippen LogP contribution is 2.38. The number of nitrogens with zero attached hydrogens (tertiary/aromatic N) is 3. The SMILES string of the molecule is Cc1cc(N2CCCOC[C@@H]2c2cc([C@H](O)C(F)(F)F)ccc2Cl)nc(N)n1. The first-order valence-corrected chi connectivity index (χ1v) is 9.04. The summed E-state index contributed by atoms with van der Waals surface area (Å²) in [4.78, 5) is 10.2. The average molecular weight is 417 g/mol. The molecule has 1 aromatic heterocycles. The molecule has 3 N–H and O–H groups in total. The van der Waals surface area contributed by atoms with Crippen molar-refractivity contribution in [3.63, 3.8) is 0 Å². The quantitative estimate of drug-likeness (QED) is 0.795. The van der Waals surface area contributed by atoms with Crippen molar-refractivity contribution in [2.75, 3.05) is 30.4 Å². The normalized spacial score (nSPS) is 19.4. The van der Waals surface area contributed by atoms with Crippen LogP contribution in [-0.2, 0) is 4.74 Å². The van der Waals surface area contributed by atoms with Gasteiger partial charge in [-0.3, -0.25) is 0 Å². The second-order valence-corrected chi connectivity index (χ2v) is 7.00. The van der Waals surface area contributed by atoms with Crippen LogP contribution in [0.3, 0.4) is 0 Å². The third-order valence-electron chi connectivity index (χ3n) is 4.50. The molecule has 152 valence electrons. The predicted octanol–water partition coefficient (Wildman–Crippen LogP) is 3.58. The molecule has 0 amide bonds. The van der Waals surface area contributed by atoms with E-state index in [1.807, 2.05) is 4.90 Å². The van der Waals surface area contributed by atoms with Crippen LogP contribution >= 0.6 is 11.6 Å². The number of anilines is 2. The van der Waals surface area contributed by atoms with E-state index < -0.39 is 18.3 Å². The molecule has 1 aromatic carbocycles. The fourth-order valence-corrected chi connectivity index (χ4v) is 3.45. The molecule has 0 radical (unpaired) electrons. The molecule has 10 heteroatoms. The minimum Gasteiger partial charge on any atom is -0.379 e. The van der Waals surface area contributed by atoms with E-state index in [2.05, 4.69) is 9.97 Å². The molecule has 0 spiro atoms. The molecule has 0 bridgehead atoms. The summed E-state index contributed by atoms with van der Waals surface area (Å²) in [7, 11) is 0. The van der Waals surface area contributed by atoms with Crippen LogP contribution in [0.2, 0.25) is 5.02 Å². The van der Waals surface area contributed by atoms with Crippen LogP contribution in [0.25, 0.3) is 0 Å². The third-order valence-corrected chi connectivity index (χ3v) is 4.84. The van der Waals surface area contributed by atoms with E-state index in [9.17, 15) is 18.3 Å². The molecule has 1 saturated heterocycles. The molecule has 28 heavy (non-hydrogen) atoms. The van der Waals surface area contributed by atoms with Gasteiger partial charge in [0, 0.05) is 29.9 Å². The molecule has 6 nitrogen and oxygen atoms in total. The summed E-state index contributed by atoms with van der Waals surface area (Å²) in [6.45, 7) is 3.02. The van der Waals surface area contributed by atoms with E-state index in [1.165, 1.54) is 18.2 Å². The highest BCUT2D eigenvalue weighted by molar-refractivity contribution is 6.31. The number of aryl methyl sites for hydroxylation is 1. The van der Waals surface area contributed by atoms with E-state index in [1.54, 1.807) is 13.0 Å². The molecular formula is C18H20ClF3N4O2. The van der Waals surface area contributed by atoms with Gasteiger partial charge < -0.3 is 20.5 Å². The van der Waals surface area contributed by atoms with Crippen LogP contribution in [0.1, 0.15) is 35.4 Å². The van der Waals surface area contributed by atoms with Crippen molar-refractivity contribution in [3.05, 3.63) is 46.1 Å². The zero-order valence-corrected chi connectivity index (χ0v) is 15.8. The predicted molar refractivity (Wildman–Crippen MR) is 99.2 cm³/mol. The summed E-state index contributed by atoms with van der Waals surface area (Å²) < 4.78 is 44.5. The van der Waals surface area contributed by atoms with Crippen molar-refractivity contribution >= 4 is 23.4 Å². The lowest BCUT2D eigenvalue weighted by atomic mass is 9.99. The Morgan fingerprint density at radius 3 is 2.75 bits per heavy atom. The van der Waals surface area contributed by atoms with E-state index in [0.29, 0.717) is 36.6 Å². The van der Waals surface area contributed by atoms with Crippen LogP contribution in [0.5, 0.6) is 0 Å². The maximum Gasteiger partial charge on any atom is 0.418 e. The molecule has 1 fully saturated rings. The molecular weight excluding hydrogens is 397 g/mol. The van der Waals surface area contributed by atoms with Crippen LogP contribution in [0.4, 0.5) is 24.9 Å². The summed E-state index contributed by atoms with van der Waals surface area (Å²) in [5, 5.41) is 9.91. The number of alkyl halides is 3. The van der Waals surface area contributed by atoms with Gasteiger partial charge in [0.2, 0.25) is 5.95 Å². The van der Waals surface area contributed by atoms with Crippen LogP contribution < -0.4 is 10.6 Å². The smallest absolute Gasteiger partial charge is 0.379 e. The zero-order valence-electron chi connectivity index (χ0n) is 15.1. The molecule has 0 unspecified atom stereocenters. The van der Waals surface area contributed by atoms with Crippen LogP contribution in [0.15, 0.2) is 24.3 Å². The molecule has 1 aliphatic rings. The summed E-state index contributed by atoms with van der Waals surface area (Å²) in [6, 6.07) is 5.04. The Morgan fingerprint density at radius 1 is 1.32 bits per heavy atom. The molecule has 1 aliphatic heterocycles. The number of ether oxygens (including phenoxy) is 1. The Balaban J connectivity index is 2.05. The van der Waals surface area contributed by atoms with Gasteiger partial charge in [0.25, 0.3) is 0 Å². The number of aromatic nitrogens is 2. The van der Waals surface area contributed by atoms with Gasteiger partial charge in [-0.2, -0.15) is 18.2 Å². The van der Waals surface area contributed by atoms with Crippen molar-refractivity contribution in [2.24, 2.45) is 0 Å². The maximum atomic E-state index is 13.0. The fraction of sp³-hybridized carbons (Fsp3) is 0.444. The Bertz CT molecular complexity index is 830. The van der Waals surface area contributed by atoms with E-state index >= 15 is 0 Å². The van der Waals surface area contributed by atoms with Crippen molar-refractivity contribution in [1.82, 2.24) is 9.97 Å². The van der Waals surface area contributed by atoms with Gasteiger partial charge in [-0.1, -0.05) is 17.7 Å². The summed E-state index contributed by atoms with van der Waals surface area (Å²) >= 11 is 6.31. The van der Waals surface area contributed by atoms with Crippen LogP contribution in [-0.4, -0.2) is 41.0 Å². The van der Waals surface area contributed by atoms with Gasteiger partial charge in [0.05, 0.1) is 12.6 Å². The fourth-order valence-electron chi connectivity index (χ4n) is 3.21. The van der Waals surface area contributed by atoms with E-state index in [-0.39, 0.29) is 23.1 Å². The highest BCUT2D eigenvalue weighted by Gasteiger charge is 2.40. The molecule has 2 aromatic rings. The van der Waals surface area contributed by atoms with Crippen molar-refractivity contribution in [3.8, 4) is 0 Å². The number of aliphatic hydroxyl groups is 1. The first kappa shape index (κ1) is 20.6. The summed E-state index contributed by atoms with van der Waals surface area (Å²) in [5.74, 6) is 0.643. The minimum absolute atomic E-state index is 0.103. The average Bonchev–Trinajstić information content (AvgIpc) is 2.86. The standard InChI is InChI=1S/C18H20ClF3N4O2/c1-10-7-15(25-17(23)24-10)26-5-2-6-28-9-14(26)12-8-11(3-4-13(12)19)16(27)18(20,21)22/h3-4,7-8,14,16,27H,2,5-6,9H2,1H3,(H2,23,24,25)/t14-,16+/m1/s1. The third kappa shape index (κ3) is 4.48. The molecule has 2 heterocycles. The molecule has 2 atom stereocenters. The van der Waals surface area contributed by atoms with Crippen molar-refractivity contribution in [2.45, 2.75) is 31.7 Å². The monoisotopic (exact) mass is 416 g/mol. The second kappa shape index (κ2) is 8.10. The van der Waals surface area contributed by atoms with Crippen molar-refractivity contribution < 1.29 is 23.0 Å². The summed E-state index contributed by atoms with van der Waals surface area (Å²) in [5.41, 5.74) is 6.57.